The molecule has 1 amide bonds. The van der Waals surface area contributed by atoms with Crippen molar-refractivity contribution in [1.29, 1.82) is 0 Å². The van der Waals surface area contributed by atoms with Crippen LogP contribution in [0.1, 0.15) is 53.4 Å². The fraction of sp³-hybridized carbons (Fsp3) is 0.933. The van der Waals surface area contributed by atoms with Crippen molar-refractivity contribution in [2.24, 2.45) is 11.8 Å². The number of hydrogen-bond donors (Lipinski definition) is 0. The Hall–Kier alpha value is -0.250. The van der Waals surface area contributed by atoms with Crippen LogP contribution < -0.4 is 0 Å². The van der Waals surface area contributed by atoms with Crippen LogP contribution in [0.15, 0.2) is 0 Å². The largest absolute Gasteiger partial charge is 0.444 e. The van der Waals surface area contributed by atoms with Gasteiger partial charge in [-0.15, -0.1) is 0 Å². The Bertz CT molecular complexity index is 280. The fourth-order valence-corrected chi connectivity index (χ4v) is 3.33. The Labute approximate surface area is 126 Å². The molecule has 4 heteroatoms. The van der Waals surface area contributed by atoms with Crippen molar-refractivity contribution in [2.75, 3.05) is 18.4 Å². The van der Waals surface area contributed by atoms with Crippen LogP contribution in [0, 0.1) is 11.8 Å². The number of carbonyl (C=O) groups is 1. The summed E-state index contributed by atoms with van der Waals surface area (Å²) in [6.07, 6.45) is 4.61. The fourth-order valence-electron chi connectivity index (χ4n) is 2.55. The van der Waals surface area contributed by atoms with Crippen molar-refractivity contribution in [2.45, 2.75) is 59.0 Å². The van der Waals surface area contributed by atoms with E-state index in [9.17, 15) is 4.79 Å². The zero-order valence-corrected chi connectivity index (χ0v) is 14.3. The van der Waals surface area contributed by atoms with Gasteiger partial charge in [0.05, 0.1) is 0 Å². The van der Waals surface area contributed by atoms with Gasteiger partial charge in [-0.25, -0.2) is 4.79 Å². The first kappa shape index (κ1) is 16.8. The molecule has 0 spiro atoms. The van der Waals surface area contributed by atoms with Gasteiger partial charge < -0.3 is 9.64 Å². The van der Waals surface area contributed by atoms with E-state index in [4.69, 9.17) is 4.74 Å². The zero-order valence-electron chi connectivity index (χ0n) is 12.7. The molecule has 0 aromatic heterocycles. The highest BCUT2D eigenvalue weighted by Gasteiger charge is 2.27. The minimum Gasteiger partial charge on any atom is -0.444 e. The van der Waals surface area contributed by atoms with Crippen molar-refractivity contribution in [1.82, 2.24) is 4.90 Å². The normalized spacial score (nSPS) is 19.3. The Kier molecular flexibility index (Phi) is 6.64. The van der Waals surface area contributed by atoms with Gasteiger partial charge >= 0.3 is 6.09 Å². The molecule has 0 saturated carbocycles. The Morgan fingerprint density at radius 2 is 1.95 bits per heavy atom. The van der Waals surface area contributed by atoms with Gasteiger partial charge in [-0.05, 0) is 58.3 Å². The molecule has 1 heterocycles. The monoisotopic (exact) mass is 333 g/mol. The second-order valence-electron chi connectivity index (χ2n) is 6.73. The van der Waals surface area contributed by atoms with Gasteiger partial charge in [0.15, 0.2) is 0 Å². The molecule has 1 atom stereocenters. The van der Waals surface area contributed by atoms with Gasteiger partial charge in [-0.3, -0.25) is 0 Å². The summed E-state index contributed by atoms with van der Waals surface area (Å²) in [5, 5.41) is 1.09. The lowest BCUT2D eigenvalue weighted by atomic mass is 9.87. The lowest BCUT2D eigenvalue weighted by molar-refractivity contribution is 0.0176. The summed E-state index contributed by atoms with van der Waals surface area (Å²) in [6.45, 7) is 9.77. The number of amides is 1. The second-order valence-corrected chi connectivity index (χ2v) is 7.52. The first-order chi connectivity index (χ1) is 8.81. The number of carbonyl (C=O) groups excluding carboxylic acids is 1. The number of ether oxygens (including phenoxy) is 1. The molecule has 0 N–H and O–H groups in total. The predicted molar refractivity (Wildman–Crippen MR) is 82.7 cm³/mol. The Morgan fingerprint density at radius 3 is 2.42 bits per heavy atom. The van der Waals surface area contributed by atoms with Crippen LogP contribution in [-0.4, -0.2) is 35.0 Å². The van der Waals surface area contributed by atoms with E-state index in [0.29, 0.717) is 0 Å². The summed E-state index contributed by atoms with van der Waals surface area (Å²) in [5.74, 6) is 1.55. The summed E-state index contributed by atoms with van der Waals surface area (Å²) in [5.41, 5.74) is -0.391. The summed E-state index contributed by atoms with van der Waals surface area (Å²) >= 11 is 3.50. The standard InChI is InChI=1S/C15H28BrNO2/c1-12(5-8-16)11-13-6-9-17(10-7-13)14(18)19-15(2,3)4/h12-13H,5-11H2,1-4H3. The number of piperidine rings is 1. The average molecular weight is 334 g/mol. The van der Waals surface area contributed by atoms with Crippen LogP contribution in [0.3, 0.4) is 0 Å². The van der Waals surface area contributed by atoms with E-state index in [0.717, 1.165) is 43.1 Å². The van der Waals surface area contributed by atoms with E-state index in [2.05, 4.69) is 22.9 Å². The molecule has 1 unspecified atom stereocenters. The van der Waals surface area contributed by atoms with Crippen molar-refractivity contribution >= 4 is 22.0 Å². The predicted octanol–water partition coefficient (Wildman–Crippen LogP) is 4.44. The van der Waals surface area contributed by atoms with Crippen molar-refractivity contribution < 1.29 is 9.53 Å². The highest BCUT2D eigenvalue weighted by atomic mass is 79.9. The molecule has 1 aliphatic rings. The Morgan fingerprint density at radius 1 is 1.37 bits per heavy atom. The van der Waals surface area contributed by atoms with Gasteiger partial charge in [0.1, 0.15) is 5.60 Å². The van der Waals surface area contributed by atoms with Crippen molar-refractivity contribution in [3.8, 4) is 0 Å². The van der Waals surface area contributed by atoms with Gasteiger partial charge in [-0.1, -0.05) is 22.9 Å². The molecule has 1 fully saturated rings. The lowest BCUT2D eigenvalue weighted by Crippen LogP contribution is -2.41. The molecule has 0 aromatic carbocycles. The van der Waals surface area contributed by atoms with Crippen molar-refractivity contribution in [3.05, 3.63) is 0 Å². The smallest absolute Gasteiger partial charge is 0.410 e. The maximum Gasteiger partial charge on any atom is 0.410 e. The first-order valence-electron chi connectivity index (χ1n) is 7.35. The summed E-state index contributed by atoms with van der Waals surface area (Å²) in [6, 6.07) is 0. The molecule has 3 nitrogen and oxygen atoms in total. The first-order valence-corrected chi connectivity index (χ1v) is 8.48. The number of halogens is 1. The third-order valence-electron chi connectivity index (χ3n) is 3.60. The number of nitrogens with zero attached hydrogens (tertiary/aromatic N) is 1. The third kappa shape index (κ3) is 6.64. The van der Waals surface area contributed by atoms with E-state index in [1.54, 1.807) is 0 Å². The quantitative estimate of drug-likeness (QED) is 0.711. The molecule has 1 rings (SSSR count). The number of hydrogen-bond acceptors (Lipinski definition) is 2. The van der Waals surface area contributed by atoms with Crippen molar-refractivity contribution in [3.63, 3.8) is 0 Å². The minimum atomic E-state index is -0.391. The van der Waals surface area contributed by atoms with E-state index in [1.807, 2.05) is 25.7 Å². The molecule has 19 heavy (non-hydrogen) atoms. The highest BCUT2D eigenvalue weighted by Crippen LogP contribution is 2.26. The maximum absolute atomic E-state index is 11.9. The zero-order chi connectivity index (χ0) is 14.5. The molecule has 0 radical (unpaired) electrons. The Balaban J connectivity index is 2.30. The highest BCUT2D eigenvalue weighted by molar-refractivity contribution is 9.09. The molecular formula is C15H28BrNO2. The van der Waals surface area contributed by atoms with E-state index in [1.165, 1.54) is 12.8 Å². The van der Waals surface area contributed by atoms with Crippen LogP contribution >= 0.6 is 15.9 Å². The van der Waals surface area contributed by atoms with E-state index >= 15 is 0 Å². The van der Waals surface area contributed by atoms with Gasteiger partial charge in [-0.2, -0.15) is 0 Å². The third-order valence-corrected chi connectivity index (χ3v) is 4.06. The number of likely N-dealkylation sites (tertiary alicyclic amines) is 1. The second kappa shape index (κ2) is 7.51. The minimum absolute atomic E-state index is 0.153. The molecule has 1 saturated heterocycles. The topological polar surface area (TPSA) is 29.5 Å². The SMILES string of the molecule is CC(CCBr)CC1CCN(C(=O)OC(C)(C)C)CC1. The molecule has 112 valence electrons. The van der Waals surface area contributed by atoms with Gasteiger partial charge in [0, 0.05) is 18.4 Å². The van der Waals surface area contributed by atoms with Crippen LogP contribution in [0.25, 0.3) is 0 Å². The summed E-state index contributed by atoms with van der Waals surface area (Å²) in [4.78, 5) is 13.8. The van der Waals surface area contributed by atoms with E-state index < -0.39 is 5.60 Å². The molecule has 0 aliphatic carbocycles. The van der Waals surface area contributed by atoms with Crippen LogP contribution in [0.2, 0.25) is 0 Å². The molecule has 0 aromatic rings. The number of alkyl halides is 1. The van der Waals surface area contributed by atoms with E-state index in [-0.39, 0.29) is 6.09 Å². The van der Waals surface area contributed by atoms with Gasteiger partial charge in [0.25, 0.3) is 0 Å². The lowest BCUT2D eigenvalue weighted by Gasteiger charge is -2.34. The summed E-state index contributed by atoms with van der Waals surface area (Å²) in [7, 11) is 0. The molecular weight excluding hydrogens is 306 g/mol. The van der Waals surface area contributed by atoms with Crippen LogP contribution in [0.4, 0.5) is 4.79 Å². The average Bonchev–Trinajstić information content (AvgIpc) is 2.27. The molecule has 0 bridgehead atoms. The maximum atomic E-state index is 11.9. The molecule has 1 aliphatic heterocycles. The van der Waals surface area contributed by atoms with Crippen LogP contribution in [0.5, 0.6) is 0 Å². The summed E-state index contributed by atoms with van der Waals surface area (Å²) < 4.78 is 5.41. The van der Waals surface area contributed by atoms with Crippen LogP contribution in [-0.2, 0) is 4.74 Å². The number of rotatable bonds is 4. The van der Waals surface area contributed by atoms with Gasteiger partial charge in [0.2, 0.25) is 0 Å².